The zero-order valence-electron chi connectivity index (χ0n) is 12.8. The number of nitrogens with zero attached hydrogens (tertiary/aromatic N) is 1. The van der Waals surface area contributed by atoms with Crippen molar-refractivity contribution in [1.29, 1.82) is 0 Å². The number of hydrogen-bond donors (Lipinski definition) is 0. The molecule has 5 nitrogen and oxygen atoms in total. The van der Waals surface area contributed by atoms with E-state index in [1.807, 2.05) is 24.3 Å². The van der Waals surface area contributed by atoms with Crippen LogP contribution in [-0.4, -0.2) is 18.5 Å². The molecule has 1 aromatic carbocycles. The van der Waals surface area contributed by atoms with Gasteiger partial charge in [0.05, 0.1) is 12.9 Å². The second-order valence-electron chi connectivity index (χ2n) is 5.08. The van der Waals surface area contributed by atoms with Gasteiger partial charge in [0.15, 0.2) is 5.70 Å². The van der Waals surface area contributed by atoms with Gasteiger partial charge in [-0.3, -0.25) is 0 Å². The van der Waals surface area contributed by atoms with Gasteiger partial charge in [0, 0.05) is 11.6 Å². The minimum atomic E-state index is -0.486. The van der Waals surface area contributed by atoms with E-state index in [9.17, 15) is 4.79 Å². The third-order valence-electron chi connectivity index (χ3n) is 3.31. The van der Waals surface area contributed by atoms with Crippen molar-refractivity contribution in [2.45, 2.75) is 19.8 Å². The average Bonchev–Trinajstić information content (AvgIpc) is 3.19. The van der Waals surface area contributed by atoms with Gasteiger partial charge in [-0.2, -0.15) is 0 Å². The molecular weight excluding hydrogens is 294 g/mol. The number of furan rings is 1. The molecule has 2 heterocycles. The molecule has 0 bridgehead atoms. The number of ether oxygens (including phenoxy) is 2. The summed E-state index contributed by atoms with van der Waals surface area (Å²) in [7, 11) is 0. The van der Waals surface area contributed by atoms with E-state index in [1.54, 1.807) is 18.2 Å². The maximum absolute atomic E-state index is 11.9. The van der Waals surface area contributed by atoms with Crippen molar-refractivity contribution in [3.05, 3.63) is 59.7 Å². The van der Waals surface area contributed by atoms with E-state index in [-0.39, 0.29) is 11.6 Å². The van der Waals surface area contributed by atoms with Crippen molar-refractivity contribution in [2.75, 3.05) is 6.61 Å². The second-order valence-corrected chi connectivity index (χ2v) is 5.08. The second kappa shape index (κ2) is 6.96. The highest BCUT2D eigenvalue weighted by molar-refractivity contribution is 6.12. The molecule has 0 saturated heterocycles. The summed E-state index contributed by atoms with van der Waals surface area (Å²) in [5.41, 5.74) is 0.947. The minimum Gasteiger partial charge on any atom is -0.494 e. The fraction of sp³-hybridized carbons (Fsp3) is 0.222. The summed E-state index contributed by atoms with van der Waals surface area (Å²) < 4.78 is 16.0. The number of esters is 1. The van der Waals surface area contributed by atoms with Crippen molar-refractivity contribution in [2.24, 2.45) is 4.99 Å². The van der Waals surface area contributed by atoms with Gasteiger partial charge in [-0.1, -0.05) is 13.3 Å². The number of rotatable bonds is 6. The Kier molecular flexibility index (Phi) is 4.57. The Bertz CT molecular complexity index is 727. The highest BCUT2D eigenvalue weighted by atomic mass is 16.6. The molecule has 1 aliphatic rings. The van der Waals surface area contributed by atoms with Gasteiger partial charge in [-0.25, -0.2) is 9.79 Å². The Balaban J connectivity index is 1.73. The quantitative estimate of drug-likeness (QED) is 0.462. The van der Waals surface area contributed by atoms with Crippen LogP contribution in [0.1, 0.15) is 31.1 Å². The molecule has 2 aromatic rings. The molecule has 0 spiro atoms. The van der Waals surface area contributed by atoms with Crippen LogP contribution in [0.3, 0.4) is 0 Å². The van der Waals surface area contributed by atoms with Crippen molar-refractivity contribution >= 4 is 17.9 Å². The number of aliphatic imine (C=N–C) groups is 1. The van der Waals surface area contributed by atoms with Crippen LogP contribution in [0.15, 0.2) is 57.8 Å². The number of carbonyl (C=O) groups excluding carboxylic acids is 1. The Labute approximate surface area is 134 Å². The van der Waals surface area contributed by atoms with Crippen molar-refractivity contribution in [3.8, 4) is 5.75 Å². The summed E-state index contributed by atoms with van der Waals surface area (Å²) in [5.74, 6) is 1.15. The summed E-state index contributed by atoms with van der Waals surface area (Å²) in [4.78, 5) is 16.1. The predicted molar refractivity (Wildman–Crippen MR) is 86.2 cm³/mol. The zero-order valence-corrected chi connectivity index (χ0v) is 12.8. The smallest absolute Gasteiger partial charge is 0.363 e. The number of benzene rings is 1. The standard InChI is InChI=1S/C18H17NO4/c1-2-3-10-21-14-8-6-13(7-9-14)17-19-16(18(20)23-17)12-15-5-4-11-22-15/h4-9,11-12H,2-3,10H2,1H3/b16-12+. The van der Waals surface area contributed by atoms with Gasteiger partial charge in [0.25, 0.3) is 0 Å². The highest BCUT2D eigenvalue weighted by Gasteiger charge is 2.24. The molecule has 0 unspecified atom stereocenters. The summed E-state index contributed by atoms with van der Waals surface area (Å²) >= 11 is 0. The Morgan fingerprint density at radius 1 is 1.22 bits per heavy atom. The maximum atomic E-state index is 11.9. The van der Waals surface area contributed by atoms with Gasteiger partial charge in [-0.05, 0) is 42.8 Å². The third kappa shape index (κ3) is 3.69. The molecule has 5 heteroatoms. The van der Waals surface area contributed by atoms with E-state index in [4.69, 9.17) is 13.9 Å². The molecule has 0 atom stereocenters. The van der Waals surface area contributed by atoms with Crippen LogP contribution in [0.2, 0.25) is 0 Å². The lowest BCUT2D eigenvalue weighted by Gasteiger charge is -2.05. The molecule has 0 fully saturated rings. The third-order valence-corrected chi connectivity index (χ3v) is 3.31. The normalized spacial score (nSPS) is 15.6. The van der Waals surface area contributed by atoms with E-state index < -0.39 is 5.97 Å². The first-order valence-corrected chi connectivity index (χ1v) is 7.55. The lowest BCUT2D eigenvalue weighted by Crippen LogP contribution is -2.05. The van der Waals surface area contributed by atoms with Gasteiger partial charge in [0.1, 0.15) is 11.5 Å². The van der Waals surface area contributed by atoms with Gasteiger partial charge in [-0.15, -0.1) is 0 Å². The van der Waals surface area contributed by atoms with E-state index in [2.05, 4.69) is 11.9 Å². The fourth-order valence-electron chi connectivity index (χ4n) is 2.07. The van der Waals surface area contributed by atoms with Gasteiger partial charge in [0.2, 0.25) is 5.90 Å². The topological polar surface area (TPSA) is 61.0 Å². The summed E-state index contributed by atoms with van der Waals surface area (Å²) in [6.07, 6.45) is 5.20. The molecule has 1 aromatic heterocycles. The largest absolute Gasteiger partial charge is 0.494 e. The number of unbranched alkanes of at least 4 members (excludes halogenated alkanes) is 1. The van der Waals surface area contributed by atoms with Crippen LogP contribution in [0.25, 0.3) is 6.08 Å². The van der Waals surface area contributed by atoms with Crippen LogP contribution in [-0.2, 0) is 9.53 Å². The van der Waals surface area contributed by atoms with Crippen LogP contribution < -0.4 is 4.74 Å². The molecule has 0 radical (unpaired) electrons. The predicted octanol–water partition coefficient (Wildman–Crippen LogP) is 3.80. The number of hydrogen-bond acceptors (Lipinski definition) is 5. The van der Waals surface area contributed by atoms with Crippen molar-refractivity contribution in [1.82, 2.24) is 0 Å². The summed E-state index contributed by atoms with van der Waals surface area (Å²) in [6, 6.07) is 10.8. The maximum Gasteiger partial charge on any atom is 0.363 e. The van der Waals surface area contributed by atoms with E-state index in [0.717, 1.165) is 24.2 Å². The first-order valence-electron chi connectivity index (χ1n) is 7.55. The monoisotopic (exact) mass is 311 g/mol. The van der Waals surface area contributed by atoms with E-state index in [0.29, 0.717) is 12.4 Å². The van der Waals surface area contributed by atoms with Crippen molar-refractivity contribution < 1.29 is 18.7 Å². The summed E-state index contributed by atoms with van der Waals surface area (Å²) in [5, 5.41) is 0. The Hall–Kier alpha value is -2.82. The van der Waals surface area contributed by atoms with Crippen LogP contribution in [0.5, 0.6) is 5.75 Å². The molecule has 0 N–H and O–H groups in total. The first-order chi connectivity index (χ1) is 11.3. The van der Waals surface area contributed by atoms with Crippen molar-refractivity contribution in [3.63, 3.8) is 0 Å². The molecule has 0 amide bonds. The molecule has 118 valence electrons. The van der Waals surface area contributed by atoms with Crippen LogP contribution >= 0.6 is 0 Å². The molecule has 0 saturated carbocycles. The molecule has 0 aliphatic carbocycles. The Morgan fingerprint density at radius 3 is 2.74 bits per heavy atom. The van der Waals surface area contributed by atoms with Crippen LogP contribution in [0.4, 0.5) is 0 Å². The lowest BCUT2D eigenvalue weighted by atomic mass is 10.2. The number of carbonyl (C=O) groups is 1. The average molecular weight is 311 g/mol. The first kappa shape index (κ1) is 15.1. The number of cyclic esters (lactones) is 1. The Morgan fingerprint density at radius 2 is 2.04 bits per heavy atom. The molecule has 3 rings (SSSR count). The molecule has 23 heavy (non-hydrogen) atoms. The zero-order chi connectivity index (χ0) is 16.1. The van der Waals surface area contributed by atoms with Crippen LogP contribution in [0, 0.1) is 0 Å². The SMILES string of the molecule is CCCCOc1ccc(C2=N/C(=C/c3ccco3)C(=O)O2)cc1. The van der Waals surface area contributed by atoms with E-state index >= 15 is 0 Å². The highest BCUT2D eigenvalue weighted by Crippen LogP contribution is 2.21. The lowest BCUT2D eigenvalue weighted by molar-refractivity contribution is -0.129. The minimum absolute atomic E-state index is 0.221. The molecular formula is C18H17NO4. The van der Waals surface area contributed by atoms with E-state index in [1.165, 1.54) is 6.26 Å². The van der Waals surface area contributed by atoms with Gasteiger partial charge < -0.3 is 13.9 Å². The van der Waals surface area contributed by atoms with Gasteiger partial charge >= 0.3 is 5.97 Å². The fourth-order valence-corrected chi connectivity index (χ4v) is 2.07. The molecule has 1 aliphatic heterocycles. The summed E-state index contributed by atoms with van der Waals surface area (Å²) in [6.45, 7) is 2.81.